The number of hydrogen-bond donors (Lipinski definition) is 1. The molecule has 0 saturated heterocycles. The highest BCUT2D eigenvalue weighted by molar-refractivity contribution is 7.12. The monoisotopic (exact) mass is 294 g/mol. The maximum atomic E-state index is 9.11. The first-order chi connectivity index (χ1) is 8.84. The van der Waals surface area contributed by atoms with Crippen molar-refractivity contribution in [2.75, 3.05) is 0 Å². The molecule has 1 nitrogen and oxygen atoms in total. The Kier molecular flexibility index (Phi) is 5.85. The average molecular weight is 295 g/mol. The van der Waals surface area contributed by atoms with E-state index in [-0.39, 0.29) is 6.61 Å². The molecule has 0 unspecified atom stereocenters. The number of aliphatic hydroxyl groups is 1. The maximum Gasteiger partial charge on any atom is 0.146 e. The second-order valence-electron chi connectivity index (χ2n) is 6.07. The molecule has 1 rings (SSSR count). The summed E-state index contributed by atoms with van der Waals surface area (Å²) in [5.74, 6) is 3.40. The fourth-order valence-electron chi connectivity index (χ4n) is 3.13. The van der Waals surface area contributed by atoms with Gasteiger partial charge in [0.1, 0.15) is 8.07 Å². The van der Waals surface area contributed by atoms with Crippen molar-refractivity contribution >= 4 is 19.4 Å². The molecule has 1 aromatic heterocycles. The molecule has 0 aromatic carbocycles. The van der Waals surface area contributed by atoms with E-state index in [1.165, 1.54) is 0 Å². The van der Waals surface area contributed by atoms with Gasteiger partial charge in [0.15, 0.2) is 0 Å². The topological polar surface area (TPSA) is 20.2 Å². The van der Waals surface area contributed by atoms with Gasteiger partial charge in [0.2, 0.25) is 0 Å². The largest absolute Gasteiger partial charge is 0.391 e. The second-order valence-corrected chi connectivity index (χ2v) is 12.8. The van der Waals surface area contributed by atoms with Gasteiger partial charge >= 0.3 is 0 Å². The summed E-state index contributed by atoms with van der Waals surface area (Å²) in [5.41, 5.74) is 5.70. The lowest BCUT2D eigenvalue weighted by atomic mass is 10.4. The van der Waals surface area contributed by atoms with Gasteiger partial charge in [0.25, 0.3) is 0 Å². The van der Waals surface area contributed by atoms with Crippen LogP contribution in [0.2, 0.25) is 16.6 Å². The summed E-state index contributed by atoms with van der Waals surface area (Å²) >= 11 is 1.61. The van der Waals surface area contributed by atoms with Crippen molar-refractivity contribution in [3.63, 3.8) is 0 Å². The summed E-state index contributed by atoms with van der Waals surface area (Å²) in [7, 11) is -1.63. The van der Waals surface area contributed by atoms with Gasteiger partial charge in [-0.2, -0.15) is 0 Å². The Morgan fingerprint density at radius 1 is 1.05 bits per heavy atom. The minimum atomic E-state index is -1.63. The van der Waals surface area contributed by atoms with Crippen LogP contribution in [0.25, 0.3) is 0 Å². The molecule has 1 aromatic rings. The van der Waals surface area contributed by atoms with E-state index in [1.54, 1.807) is 11.3 Å². The number of aliphatic hydroxyl groups excluding tert-OH is 1. The van der Waals surface area contributed by atoms with Crippen molar-refractivity contribution in [2.45, 2.75) is 64.8 Å². The first-order valence-electron chi connectivity index (χ1n) is 7.07. The van der Waals surface area contributed by atoms with Crippen molar-refractivity contribution < 1.29 is 5.11 Å². The van der Waals surface area contributed by atoms with Gasteiger partial charge in [-0.3, -0.25) is 0 Å². The van der Waals surface area contributed by atoms with E-state index in [0.29, 0.717) is 16.6 Å². The molecule has 1 heterocycles. The molecule has 106 valence electrons. The summed E-state index contributed by atoms with van der Waals surface area (Å²) in [6.45, 7) is 14.1. The Morgan fingerprint density at radius 3 is 1.95 bits per heavy atom. The van der Waals surface area contributed by atoms with E-state index in [0.717, 1.165) is 9.75 Å². The van der Waals surface area contributed by atoms with Gasteiger partial charge in [0.05, 0.1) is 11.5 Å². The fraction of sp³-hybridized carbons (Fsp3) is 0.625. The van der Waals surface area contributed by atoms with Crippen LogP contribution in [0.15, 0.2) is 12.1 Å². The second kappa shape index (κ2) is 6.74. The summed E-state index contributed by atoms with van der Waals surface area (Å²) in [5, 5.41) is 9.11. The molecule has 19 heavy (non-hydrogen) atoms. The zero-order valence-corrected chi connectivity index (χ0v) is 14.8. The lowest BCUT2D eigenvalue weighted by Gasteiger charge is -2.38. The maximum absolute atomic E-state index is 9.11. The number of rotatable bonds is 4. The minimum Gasteiger partial charge on any atom is -0.391 e. The first-order valence-corrected chi connectivity index (χ1v) is 10.1. The standard InChI is InChI=1S/C16H26OSSi/c1-12(2)19(13(3)4,14(5)6)10-9-15-7-8-16(11-17)18-15/h7-8,12-14,17H,11H2,1-6H3. The van der Waals surface area contributed by atoms with E-state index in [9.17, 15) is 0 Å². The lowest BCUT2D eigenvalue weighted by molar-refractivity contribution is 0.285. The van der Waals surface area contributed by atoms with Gasteiger partial charge in [-0.15, -0.1) is 16.9 Å². The summed E-state index contributed by atoms with van der Waals surface area (Å²) in [4.78, 5) is 2.08. The van der Waals surface area contributed by atoms with Crippen LogP contribution in [0.4, 0.5) is 0 Å². The van der Waals surface area contributed by atoms with Crippen LogP contribution in [0.1, 0.15) is 51.3 Å². The molecule has 0 fully saturated rings. The predicted octanol–water partition coefficient (Wildman–Crippen LogP) is 4.81. The molecule has 0 aliphatic carbocycles. The summed E-state index contributed by atoms with van der Waals surface area (Å²) in [6.07, 6.45) is 0. The van der Waals surface area contributed by atoms with Gasteiger partial charge in [0, 0.05) is 4.88 Å². The third-order valence-corrected chi connectivity index (χ3v) is 11.4. The molecule has 1 N–H and O–H groups in total. The zero-order valence-electron chi connectivity index (χ0n) is 12.9. The quantitative estimate of drug-likeness (QED) is 0.624. The van der Waals surface area contributed by atoms with Crippen LogP contribution in [-0.4, -0.2) is 13.2 Å². The Morgan fingerprint density at radius 2 is 1.58 bits per heavy atom. The third kappa shape index (κ3) is 3.50. The SMILES string of the molecule is CC(C)[Si](C#Cc1ccc(CO)s1)(C(C)C)C(C)C. The van der Waals surface area contributed by atoms with E-state index in [1.807, 2.05) is 12.1 Å². The molecular weight excluding hydrogens is 268 g/mol. The highest BCUT2D eigenvalue weighted by Crippen LogP contribution is 2.40. The van der Waals surface area contributed by atoms with E-state index >= 15 is 0 Å². The van der Waals surface area contributed by atoms with E-state index < -0.39 is 8.07 Å². The highest BCUT2D eigenvalue weighted by Gasteiger charge is 2.41. The Bertz CT molecular complexity index is 441. The van der Waals surface area contributed by atoms with E-state index in [2.05, 4.69) is 53.0 Å². The summed E-state index contributed by atoms with van der Waals surface area (Å²) < 4.78 is 0. The molecule has 0 saturated carbocycles. The molecule has 0 aliphatic rings. The number of thiophene rings is 1. The van der Waals surface area contributed by atoms with Gasteiger partial charge in [-0.25, -0.2) is 0 Å². The van der Waals surface area contributed by atoms with Crippen LogP contribution in [0.3, 0.4) is 0 Å². The minimum absolute atomic E-state index is 0.119. The molecule has 0 bridgehead atoms. The van der Waals surface area contributed by atoms with Crippen molar-refractivity contribution in [1.82, 2.24) is 0 Å². The smallest absolute Gasteiger partial charge is 0.146 e. The molecule has 0 radical (unpaired) electrons. The van der Waals surface area contributed by atoms with Crippen LogP contribution < -0.4 is 0 Å². The van der Waals surface area contributed by atoms with Crippen molar-refractivity contribution in [2.24, 2.45) is 0 Å². The molecule has 0 aliphatic heterocycles. The number of hydrogen-bond acceptors (Lipinski definition) is 2. The van der Waals surface area contributed by atoms with Gasteiger partial charge in [-0.05, 0) is 28.8 Å². The van der Waals surface area contributed by atoms with Gasteiger partial charge in [-0.1, -0.05) is 47.5 Å². The molecule has 0 amide bonds. The van der Waals surface area contributed by atoms with Crippen molar-refractivity contribution in [1.29, 1.82) is 0 Å². The van der Waals surface area contributed by atoms with Gasteiger partial charge < -0.3 is 5.11 Å². The first kappa shape index (κ1) is 16.5. The molecule has 3 heteroatoms. The normalized spacial score (nSPS) is 12.1. The van der Waals surface area contributed by atoms with Crippen LogP contribution in [-0.2, 0) is 6.61 Å². The molecular formula is C16H26OSSi. The average Bonchev–Trinajstić information content (AvgIpc) is 2.76. The highest BCUT2D eigenvalue weighted by atomic mass is 32.1. The predicted molar refractivity (Wildman–Crippen MR) is 88.2 cm³/mol. The molecule has 0 spiro atoms. The third-order valence-electron chi connectivity index (χ3n) is 4.09. The Labute approximate surface area is 123 Å². The van der Waals surface area contributed by atoms with Crippen molar-refractivity contribution in [3.05, 3.63) is 21.9 Å². The summed E-state index contributed by atoms with van der Waals surface area (Å²) in [6, 6.07) is 4.00. The zero-order chi connectivity index (χ0) is 14.6. The van der Waals surface area contributed by atoms with Crippen LogP contribution in [0, 0.1) is 11.5 Å². The lowest BCUT2D eigenvalue weighted by Crippen LogP contribution is -2.43. The molecule has 0 atom stereocenters. The fourth-order valence-corrected chi connectivity index (χ4v) is 9.16. The Balaban J connectivity index is 3.15. The van der Waals surface area contributed by atoms with Crippen LogP contribution in [0.5, 0.6) is 0 Å². The van der Waals surface area contributed by atoms with E-state index in [4.69, 9.17) is 5.11 Å². The van der Waals surface area contributed by atoms with Crippen LogP contribution >= 0.6 is 11.3 Å². The van der Waals surface area contributed by atoms with Crippen molar-refractivity contribution in [3.8, 4) is 11.5 Å². The Hall–Kier alpha value is -0.563.